The van der Waals surface area contributed by atoms with Gasteiger partial charge in [-0.15, -0.1) is 0 Å². The van der Waals surface area contributed by atoms with E-state index in [0.29, 0.717) is 12.3 Å². The number of carbonyl (C=O) groups excluding carboxylic acids is 1. The summed E-state index contributed by atoms with van der Waals surface area (Å²) in [5, 5.41) is 9.51. The molecule has 0 saturated heterocycles. The van der Waals surface area contributed by atoms with Gasteiger partial charge in [-0.1, -0.05) is 48.6 Å². The first kappa shape index (κ1) is 16.1. The minimum absolute atomic E-state index is 0.0380. The molecule has 1 N–H and O–H groups in total. The van der Waals surface area contributed by atoms with E-state index in [1.165, 1.54) is 11.1 Å². The van der Waals surface area contributed by atoms with Crippen LogP contribution < -0.4 is 0 Å². The first-order valence-electron chi connectivity index (χ1n) is 8.13. The molecule has 0 bridgehead atoms. The Morgan fingerprint density at radius 3 is 2.71 bits per heavy atom. The largest absolute Gasteiger partial charge is 0.508 e. The summed E-state index contributed by atoms with van der Waals surface area (Å²) in [7, 11) is 0. The van der Waals surface area contributed by atoms with E-state index in [1.807, 2.05) is 48.2 Å². The molecule has 1 amide bonds. The van der Waals surface area contributed by atoms with Crippen LogP contribution in [0.5, 0.6) is 5.75 Å². The van der Waals surface area contributed by atoms with E-state index < -0.39 is 0 Å². The van der Waals surface area contributed by atoms with Gasteiger partial charge in [-0.25, -0.2) is 0 Å². The molecule has 0 aromatic heterocycles. The summed E-state index contributed by atoms with van der Waals surface area (Å²) in [4.78, 5) is 14.2. The predicted octanol–water partition coefficient (Wildman–Crippen LogP) is 3.85. The number of amides is 1. The number of aromatic hydroxyl groups is 1. The van der Waals surface area contributed by atoms with E-state index in [4.69, 9.17) is 0 Å². The van der Waals surface area contributed by atoms with E-state index in [0.717, 1.165) is 24.1 Å². The molecule has 0 radical (unpaired) electrons. The molecule has 1 aliphatic rings. The van der Waals surface area contributed by atoms with Crippen molar-refractivity contribution in [3.8, 4) is 5.75 Å². The van der Waals surface area contributed by atoms with E-state index in [2.05, 4.69) is 12.1 Å². The fourth-order valence-corrected chi connectivity index (χ4v) is 2.88. The molecule has 0 spiro atoms. The van der Waals surface area contributed by atoms with Gasteiger partial charge in [-0.2, -0.15) is 0 Å². The summed E-state index contributed by atoms with van der Waals surface area (Å²) in [6.45, 7) is 3.31. The number of phenols is 1. The predicted molar refractivity (Wildman–Crippen MR) is 96.6 cm³/mol. The molecule has 2 aromatic rings. The Morgan fingerprint density at radius 2 is 1.92 bits per heavy atom. The van der Waals surface area contributed by atoms with Gasteiger partial charge in [0.25, 0.3) is 0 Å². The maximum absolute atomic E-state index is 12.3. The molecule has 1 heterocycles. The zero-order valence-corrected chi connectivity index (χ0v) is 13.8. The summed E-state index contributed by atoms with van der Waals surface area (Å²) < 4.78 is 0. The number of hydrogen-bond donors (Lipinski definition) is 1. The molecule has 2 aromatic carbocycles. The second-order valence-corrected chi connectivity index (χ2v) is 6.04. The number of benzene rings is 2. The Labute approximate surface area is 142 Å². The SMILES string of the molecule is Cc1cc(/C=C/C=C/C(=O)N2CCc3ccccc3C2)ccc1O. The summed E-state index contributed by atoms with van der Waals surface area (Å²) >= 11 is 0. The first-order valence-corrected chi connectivity index (χ1v) is 8.13. The topological polar surface area (TPSA) is 40.5 Å². The molecule has 0 saturated carbocycles. The van der Waals surface area contributed by atoms with Gasteiger partial charge >= 0.3 is 0 Å². The molecule has 3 rings (SSSR count). The van der Waals surface area contributed by atoms with Crippen LogP contribution in [0.15, 0.2) is 60.7 Å². The van der Waals surface area contributed by atoms with Crippen molar-refractivity contribution in [3.05, 3.63) is 82.9 Å². The number of allylic oxidation sites excluding steroid dienone is 2. The van der Waals surface area contributed by atoms with E-state index in [1.54, 1.807) is 18.2 Å². The normalized spacial score (nSPS) is 14.3. The van der Waals surface area contributed by atoms with Gasteiger partial charge in [0.1, 0.15) is 5.75 Å². The van der Waals surface area contributed by atoms with Crippen LogP contribution in [0.1, 0.15) is 22.3 Å². The number of carbonyl (C=O) groups is 1. The van der Waals surface area contributed by atoms with Crippen molar-refractivity contribution in [1.29, 1.82) is 0 Å². The summed E-state index contributed by atoms with van der Waals surface area (Å²) in [5.74, 6) is 0.333. The third-order valence-electron chi connectivity index (χ3n) is 4.30. The Balaban J connectivity index is 1.60. The van der Waals surface area contributed by atoms with Crippen molar-refractivity contribution in [1.82, 2.24) is 4.90 Å². The number of phenolic OH excluding ortho intramolecular Hbond substituents is 1. The quantitative estimate of drug-likeness (QED) is 0.689. The van der Waals surface area contributed by atoms with Gasteiger partial charge in [0, 0.05) is 19.2 Å². The lowest BCUT2D eigenvalue weighted by Gasteiger charge is -2.27. The van der Waals surface area contributed by atoms with Crippen LogP contribution in [0.2, 0.25) is 0 Å². The molecule has 3 heteroatoms. The van der Waals surface area contributed by atoms with Gasteiger partial charge in [0.15, 0.2) is 0 Å². The van der Waals surface area contributed by atoms with E-state index in [-0.39, 0.29) is 5.91 Å². The molecule has 0 atom stereocenters. The van der Waals surface area contributed by atoms with Crippen LogP contribution >= 0.6 is 0 Å². The highest BCUT2D eigenvalue weighted by atomic mass is 16.3. The second-order valence-electron chi connectivity index (χ2n) is 6.04. The molecule has 122 valence electrons. The Morgan fingerprint density at radius 1 is 1.12 bits per heavy atom. The molecular formula is C21H21NO2. The third-order valence-corrected chi connectivity index (χ3v) is 4.30. The highest BCUT2D eigenvalue weighted by molar-refractivity contribution is 5.88. The van der Waals surface area contributed by atoms with Gasteiger partial charge in [0.05, 0.1) is 0 Å². The second kappa shape index (κ2) is 7.18. The number of nitrogens with zero attached hydrogens (tertiary/aromatic N) is 1. The van der Waals surface area contributed by atoms with Crippen molar-refractivity contribution in [2.45, 2.75) is 19.9 Å². The minimum Gasteiger partial charge on any atom is -0.508 e. The number of hydrogen-bond acceptors (Lipinski definition) is 2. The van der Waals surface area contributed by atoms with Crippen LogP contribution in [-0.4, -0.2) is 22.5 Å². The summed E-state index contributed by atoms with van der Waals surface area (Å²) in [6.07, 6.45) is 8.06. The van der Waals surface area contributed by atoms with Crippen LogP contribution in [0.4, 0.5) is 0 Å². The smallest absolute Gasteiger partial charge is 0.246 e. The monoisotopic (exact) mass is 319 g/mol. The van der Waals surface area contributed by atoms with Crippen LogP contribution in [0.3, 0.4) is 0 Å². The van der Waals surface area contributed by atoms with Crippen molar-refractivity contribution in [2.75, 3.05) is 6.54 Å². The van der Waals surface area contributed by atoms with Crippen molar-refractivity contribution >= 4 is 12.0 Å². The lowest BCUT2D eigenvalue weighted by atomic mass is 10.00. The van der Waals surface area contributed by atoms with E-state index >= 15 is 0 Å². The van der Waals surface area contributed by atoms with Crippen molar-refractivity contribution in [3.63, 3.8) is 0 Å². The van der Waals surface area contributed by atoms with Crippen molar-refractivity contribution in [2.24, 2.45) is 0 Å². The Hall–Kier alpha value is -2.81. The standard InChI is InChI=1S/C21H21NO2/c1-16-14-17(10-11-20(16)23)6-2-5-9-21(24)22-13-12-18-7-3-4-8-19(18)15-22/h2-11,14,23H,12-13,15H2,1H3/b6-2+,9-5+. The average Bonchev–Trinajstić information content (AvgIpc) is 2.61. The summed E-state index contributed by atoms with van der Waals surface area (Å²) in [5.41, 5.74) is 4.41. The number of fused-ring (bicyclic) bond motifs is 1. The Kier molecular flexibility index (Phi) is 4.80. The number of aryl methyl sites for hydroxylation is 1. The molecule has 0 unspecified atom stereocenters. The molecule has 0 aliphatic carbocycles. The minimum atomic E-state index is 0.0380. The molecule has 1 aliphatic heterocycles. The van der Waals surface area contributed by atoms with Crippen molar-refractivity contribution < 1.29 is 9.90 Å². The Bertz CT molecular complexity index is 805. The van der Waals surface area contributed by atoms with Gasteiger partial charge in [-0.3, -0.25) is 4.79 Å². The van der Waals surface area contributed by atoms with Crippen LogP contribution in [-0.2, 0) is 17.8 Å². The zero-order valence-electron chi connectivity index (χ0n) is 13.8. The zero-order chi connectivity index (χ0) is 16.9. The van der Waals surface area contributed by atoms with Crippen LogP contribution in [0, 0.1) is 6.92 Å². The maximum atomic E-state index is 12.3. The first-order chi connectivity index (χ1) is 11.6. The van der Waals surface area contributed by atoms with Gasteiger partial charge in [-0.05, 0) is 47.7 Å². The third kappa shape index (κ3) is 3.74. The maximum Gasteiger partial charge on any atom is 0.246 e. The molecule has 0 fully saturated rings. The lowest BCUT2D eigenvalue weighted by Crippen LogP contribution is -2.34. The molecular weight excluding hydrogens is 298 g/mol. The average molecular weight is 319 g/mol. The molecule has 3 nitrogen and oxygen atoms in total. The molecule has 24 heavy (non-hydrogen) atoms. The number of rotatable bonds is 3. The fourth-order valence-electron chi connectivity index (χ4n) is 2.88. The highest BCUT2D eigenvalue weighted by Gasteiger charge is 2.18. The van der Waals surface area contributed by atoms with Gasteiger partial charge in [0.2, 0.25) is 5.91 Å². The van der Waals surface area contributed by atoms with Crippen LogP contribution in [0.25, 0.3) is 6.08 Å². The summed E-state index contributed by atoms with van der Waals surface area (Å²) in [6, 6.07) is 13.7. The fraction of sp³-hybridized carbons (Fsp3) is 0.190. The van der Waals surface area contributed by atoms with Gasteiger partial charge < -0.3 is 10.0 Å². The highest BCUT2D eigenvalue weighted by Crippen LogP contribution is 2.19. The lowest BCUT2D eigenvalue weighted by molar-refractivity contribution is -0.126. The van der Waals surface area contributed by atoms with E-state index in [9.17, 15) is 9.90 Å².